The van der Waals surface area contributed by atoms with Gasteiger partial charge in [-0.1, -0.05) is 54.6 Å². The zero-order valence-corrected chi connectivity index (χ0v) is 12.7. The number of H-pyrrole nitrogens is 1. The Morgan fingerprint density at radius 3 is 2.33 bits per heavy atom. The fourth-order valence-corrected chi connectivity index (χ4v) is 2.87. The van der Waals surface area contributed by atoms with E-state index in [9.17, 15) is 9.90 Å². The first-order valence-electron chi connectivity index (χ1n) is 7.60. The van der Waals surface area contributed by atoms with E-state index in [0.717, 1.165) is 16.5 Å². The highest BCUT2D eigenvalue weighted by Crippen LogP contribution is 2.27. The fourth-order valence-electron chi connectivity index (χ4n) is 2.87. The summed E-state index contributed by atoms with van der Waals surface area (Å²) < 4.78 is 0. The van der Waals surface area contributed by atoms with Gasteiger partial charge in [0, 0.05) is 22.4 Å². The summed E-state index contributed by atoms with van der Waals surface area (Å²) in [6.07, 6.45) is 1.59. The van der Waals surface area contributed by atoms with Gasteiger partial charge in [0.2, 0.25) is 5.88 Å². The van der Waals surface area contributed by atoms with Gasteiger partial charge in [0.25, 0.3) is 5.56 Å². The zero-order valence-electron chi connectivity index (χ0n) is 12.7. The van der Waals surface area contributed by atoms with Gasteiger partial charge < -0.3 is 5.11 Å². The number of pyridine rings is 1. The monoisotopic (exact) mass is 314 g/mol. The van der Waals surface area contributed by atoms with E-state index in [-0.39, 0.29) is 11.4 Å². The van der Waals surface area contributed by atoms with Crippen LogP contribution in [0.1, 0.15) is 5.56 Å². The van der Waals surface area contributed by atoms with Crippen LogP contribution in [0.25, 0.3) is 21.5 Å². The molecule has 0 saturated carbocycles. The molecule has 0 aliphatic rings. The van der Waals surface area contributed by atoms with Crippen molar-refractivity contribution in [3.8, 4) is 5.88 Å². The van der Waals surface area contributed by atoms with Crippen molar-refractivity contribution in [1.29, 1.82) is 0 Å². The first-order valence-corrected chi connectivity index (χ1v) is 7.60. The van der Waals surface area contributed by atoms with Crippen LogP contribution >= 0.6 is 0 Å². The Morgan fingerprint density at radius 1 is 0.833 bits per heavy atom. The van der Waals surface area contributed by atoms with Gasteiger partial charge in [-0.15, -0.1) is 0 Å². The summed E-state index contributed by atoms with van der Waals surface area (Å²) >= 11 is 0. The predicted octanol–water partition coefficient (Wildman–Crippen LogP) is 4.14. The highest BCUT2D eigenvalue weighted by atomic mass is 16.3. The quantitative estimate of drug-likeness (QED) is 0.546. The Morgan fingerprint density at radius 2 is 1.50 bits per heavy atom. The number of fused-ring (bicyclic) bond motifs is 2. The molecule has 0 unspecified atom stereocenters. The number of nitrogens with one attached hydrogen (secondary N) is 1. The van der Waals surface area contributed by atoms with Crippen molar-refractivity contribution in [2.45, 2.75) is 0 Å². The number of aliphatic imine (C=N–C) groups is 1. The highest BCUT2D eigenvalue weighted by molar-refractivity contribution is 6.03. The van der Waals surface area contributed by atoms with Crippen LogP contribution in [-0.4, -0.2) is 16.3 Å². The predicted molar refractivity (Wildman–Crippen MR) is 97.4 cm³/mol. The van der Waals surface area contributed by atoms with Gasteiger partial charge in [-0.05, 0) is 17.5 Å². The molecule has 0 saturated heterocycles. The van der Waals surface area contributed by atoms with Crippen LogP contribution in [0.2, 0.25) is 0 Å². The third-order valence-corrected chi connectivity index (χ3v) is 4.05. The van der Waals surface area contributed by atoms with Crippen LogP contribution in [0.4, 0.5) is 5.69 Å². The molecule has 4 heteroatoms. The Hall–Kier alpha value is -3.40. The van der Waals surface area contributed by atoms with E-state index in [2.05, 4.69) is 9.98 Å². The Balaban J connectivity index is 1.90. The van der Waals surface area contributed by atoms with E-state index in [4.69, 9.17) is 0 Å². The lowest BCUT2D eigenvalue weighted by Crippen LogP contribution is -2.07. The van der Waals surface area contributed by atoms with Gasteiger partial charge in [0.05, 0.1) is 11.3 Å². The SMILES string of the molecule is O=c1[nH]c(O)c(C=Nc2cccc3ccccc23)c2ccccc12. The summed E-state index contributed by atoms with van der Waals surface area (Å²) in [7, 11) is 0. The third kappa shape index (κ3) is 2.34. The van der Waals surface area contributed by atoms with Crippen molar-refractivity contribution in [2.24, 2.45) is 4.99 Å². The van der Waals surface area contributed by atoms with Gasteiger partial charge in [-0.25, -0.2) is 0 Å². The number of hydrogen-bond donors (Lipinski definition) is 2. The van der Waals surface area contributed by atoms with E-state index in [0.29, 0.717) is 16.3 Å². The summed E-state index contributed by atoms with van der Waals surface area (Å²) in [5.41, 5.74) is 0.992. The average Bonchev–Trinajstić information content (AvgIpc) is 2.61. The summed E-state index contributed by atoms with van der Waals surface area (Å²) in [6.45, 7) is 0. The fraction of sp³-hybridized carbons (Fsp3) is 0. The van der Waals surface area contributed by atoms with Crippen LogP contribution in [0.5, 0.6) is 5.88 Å². The Bertz CT molecular complexity index is 1140. The molecule has 1 aromatic heterocycles. The van der Waals surface area contributed by atoms with E-state index >= 15 is 0 Å². The molecule has 4 rings (SSSR count). The van der Waals surface area contributed by atoms with Crippen molar-refractivity contribution in [3.63, 3.8) is 0 Å². The number of aromatic hydroxyl groups is 1. The van der Waals surface area contributed by atoms with Crippen molar-refractivity contribution >= 4 is 33.4 Å². The molecule has 116 valence electrons. The number of nitrogens with zero attached hydrogens (tertiary/aromatic N) is 1. The van der Waals surface area contributed by atoms with Gasteiger partial charge in [0.15, 0.2) is 0 Å². The molecule has 0 aliphatic carbocycles. The third-order valence-electron chi connectivity index (χ3n) is 4.05. The summed E-state index contributed by atoms with van der Waals surface area (Å²) in [4.78, 5) is 18.9. The van der Waals surface area contributed by atoms with Gasteiger partial charge >= 0.3 is 0 Å². The summed E-state index contributed by atoms with van der Waals surface area (Å²) in [6, 6.07) is 21.0. The minimum absolute atomic E-state index is 0.178. The number of hydrogen-bond acceptors (Lipinski definition) is 3. The molecule has 1 heterocycles. The maximum atomic E-state index is 11.9. The molecule has 0 amide bonds. The lowest BCUT2D eigenvalue weighted by molar-refractivity contribution is 0.452. The maximum absolute atomic E-state index is 11.9. The molecule has 24 heavy (non-hydrogen) atoms. The summed E-state index contributed by atoms with van der Waals surface area (Å²) in [5, 5.41) is 13.5. The molecular weight excluding hydrogens is 300 g/mol. The van der Waals surface area contributed by atoms with Crippen molar-refractivity contribution in [2.75, 3.05) is 0 Å². The topological polar surface area (TPSA) is 65.5 Å². The number of aromatic nitrogens is 1. The minimum Gasteiger partial charge on any atom is -0.494 e. The molecule has 4 aromatic rings. The second-order valence-electron chi connectivity index (χ2n) is 5.52. The van der Waals surface area contributed by atoms with Crippen LogP contribution in [0.15, 0.2) is 76.5 Å². The zero-order chi connectivity index (χ0) is 16.5. The second kappa shape index (κ2) is 5.66. The van der Waals surface area contributed by atoms with Crippen LogP contribution < -0.4 is 5.56 Å². The number of aromatic amines is 1. The molecule has 4 nitrogen and oxygen atoms in total. The van der Waals surface area contributed by atoms with Gasteiger partial charge in [-0.2, -0.15) is 0 Å². The normalized spacial score (nSPS) is 11.5. The first-order chi connectivity index (χ1) is 11.7. The minimum atomic E-state index is -0.314. The van der Waals surface area contributed by atoms with Gasteiger partial charge in [-0.3, -0.25) is 14.8 Å². The molecule has 0 atom stereocenters. The lowest BCUT2D eigenvalue weighted by Gasteiger charge is -2.05. The van der Waals surface area contributed by atoms with Gasteiger partial charge in [0.1, 0.15) is 0 Å². The maximum Gasteiger partial charge on any atom is 0.258 e. The lowest BCUT2D eigenvalue weighted by atomic mass is 10.1. The molecule has 0 fully saturated rings. The highest BCUT2D eigenvalue weighted by Gasteiger charge is 2.08. The smallest absolute Gasteiger partial charge is 0.258 e. The van der Waals surface area contributed by atoms with E-state index < -0.39 is 0 Å². The molecule has 0 radical (unpaired) electrons. The molecule has 3 aromatic carbocycles. The summed E-state index contributed by atoms with van der Waals surface area (Å²) in [5.74, 6) is -0.178. The van der Waals surface area contributed by atoms with Crippen LogP contribution in [0, 0.1) is 0 Å². The van der Waals surface area contributed by atoms with Crippen LogP contribution in [-0.2, 0) is 0 Å². The molecule has 0 spiro atoms. The van der Waals surface area contributed by atoms with E-state index in [1.807, 2.05) is 48.5 Å². The van der Waals surface area contributed by atoms with Crippen molar-refractivity contribution in [3.05, 3.63) is 82.6 Å². The van der Waals surface area contributed by atoms with Crippen molar-refractivity contribution < 1.29 is 5.11 Å². The standard InChI is InChI=1S/C20H14N2O2/c23-19-16-10-4-3-9-15(16)17(20(24)22-19)12-21-18-11-5-7-13-6-1-2-8-14(13)18/h1-12H,(H2,22,23,24). The van der Waals surface area contributed by atoms with E-state index in [1.165, 1.54) is 0 Å². The molecule has 2 N–H and O–H groups in total. The van der Waals surface area contributed by atoms with Crippen LogP contribution in [0.3, 0.4) is 0 Å². The average molecular weight is 314 g/mol. The Labute approximate surface area is 137 Å². The second-order valence-corrected chi connectivity index (χ2v) is 5.52. The molecule has 0 aliphatic heterocycles. The number of rotatable bonds is 2. The largest absolute Gasteiger partial charge is 0.494 e. The van der Waals surface area contributed by atoms with Crippen molar-refractivity contribution in [1.82, 2.24) is 4.98 Å². The molecule has 0 bridgehead atoms. The first kappa shape index (κ1) is 14.2. The Kier molecular flexibility index (Phi) is 3.35. The van der Waals surface area contributed by atoms with E-state index in [1.54, 1.807) is 24.4 Å². The number of benzene rings is 3. The molecular formula is C20H14N2O2.